The third-order valence-corrected chi connectivity index (χ3v) is 9.93. The number of nitrogens with one attached hydrogen (secondary N) is 1. The molecule has 0 bridgehead atoms. The van der Waals surface area contributed by atoms with Gasteiger partial charge in [-0.1, -0.05) is 18.2 Å². The van der Waals surface area contributed by atoms with Crippen molar-refractivity contribution in [1.82, 2.24) is 33.7 Å². The first-order valence-electron chi connectivity index (χ1n) is 17.0. The third kappa shape index (κ3) is 6.92. The molecule has 11 nitrogen and oxygen atoms in total. The molecule has 13 heteroatoms. The number of likely N-dealkylation sites (N-methyl/N-ethyl adjacent to an activating group) is 1. The van der Waals surface area contributed by atoms with Gasteiger partial charge in [-0.05, 0) is 98.8 Å². The van der Waals surface area contributed by atoms with Gasteiger partial charge in [-0.25, -0.2) is 28.1 Å². The first kappa shape index (κ1) is 34.2. The van der Waals surface area contributed by atoms with E-state index < -0.39 is 23.1 Å². The van der Waals surface area contributed by atoms with Gasteiger partial charge >= 0.3 is 5.69 Å². The Hall–Kier alpha value is -5.24. The summed E-state index contributed by atoms with van der Waals surface area (Å²) < 4.78 is 32.5. The van der Waals surface area contributed by atoms with Gasteiger partial charge in [0.1, 0.15) is 23.0 Å². The number of benzene rings is 2. The SMILES string of the molecule is C[C@@H](CO)N(C)Cc1cc(O)ccc1-c1cccc(-n2c(=O)n(C3CCC(NCc4cn5cc(F)ccc5n4)CC3)c(=O)c3cc(F)cnc32)c1. The number of pyridine rings is 2. The predicted octanol–water partition coefficient (Wildman–Crippen LogP) is 4.93. The Balaban J connectivity index is 1.19. The number of phenolic OH excluding ortho intramolecular Hbond substituents is 1. The predicted molar refractivity (Wildman–Crippen MR) is 190 cm³/mol. The highest BCUT2D eigenvalue weighted by Crippen LogP contribution is 2.31. The molecule has 6 aromatic rings. The lowest BCUT2D eigenvalue weighted by atomic mass is 9.91. The van der Waals surface area contributed by atoms with E-state index in [0.717, 1.165) is 34.6 Å². The number of rotatable bonds is 10. The molecule has 0 aliphatic heterocycles. The molecule has 51 heavy (non-hydrogen) atoms. The van der Waals surface area contributed by atoms with Gasteiger partial charge in [-0.2, -0.15) is 0 Å². The van der Waals surface area contributed by atoms with Crippen LogP contribution in [0.25, 0.3) is 33.5 Å². The summed E-state index contributed by atoms with van der Waals surface area (Å²) in [6, 6.07) is 16.1. The average Bonchev–Trinajstić information content (AvgIpc) is 3.53. The molecule has 0 spiro atoms. The summed E-state index contributed by atoms with van der Waals surface area (Å²) in [7, 11) is 1.89. The van der Waals surface area contributed by atoms with E-state index in [1.165, 1.54) is 21.4 Å². The van der Waals surface area contributed by atoms with Crippen molar-refractivity contribution in [2.24, 2.45) is 0 Å². The van der Waals surface area contributed by atoms with E-state index in [4.69, 9.17) is 0 Å². The Bertz CT molecular complexity index is 2350. The molecule has 3 N–H and O–H groups in total. The molecule has 264 valence electrons. The summed E-state index contributed by atoms with van der Waals surface area (Å²) >= 11 is 0. The van der Waals surface area contributed by atoms with Crippen molar-refractivity contribution in [3.05, 3.63) is 123 Å². The summed E-state index contributed by atoms with van der Waals surface area (Å²) in [5.74, 6) is -0.915. The first-order valence-corrected chi connectivity index (χ1v) is 17.0. The molecule has 0 unspecified atom stereocenters. The smallest absolute Gasteiger partial charge is 0.337 e. The van der Waals surface area contributed by atoms with Crippen LogP contribution in [0.15, 0.2) is 88.8 Å². The fourth-order valence-electron chi connectivity index (χ4n) is 7.00. The molecule has 0 radical (unpaired) electrons. The van der Waals surface area contributed by atoms with Crippen molar-refractivity contribution < 1.29 is 19.0 Å². The number of nitrogens with zero attached hydrogens (tertiary/aromatic N) is 6. The normalized spacial score (nSPS) is 17.1. The number of hydrogen-bond donors (Lipinski definition) is 3. The molecule has 7 rings (SSSR count). The third-order valence-electron chi connectivity index (χ3n) is 9.93. The van der Waals surface area contributed by atoms with Crippen molar-refractivity contribution in [3.8, 4) is 22.6 Å². The highest BCUT2D eigenvalue weighted by Gasteiger charge is 2.27. The second kappa shape index (κ2) is 14.2. The minimum atomic E-state index is -0.678. The number of aromatic hydroxyl groups is 1. The molecule has 2 aromatic carbocycles. The number of aliphatic hydroxyl groups excluding tert-OH is 1. The second-order valence-electron chi connectivity index (χ2n) is 13.4. The molecule has 1 aliphatic rings. The summed E-state index contributed by atoms with van der Waals surface area (Å²) in [5.41, 5.74) is 3.21. The zero-order chi connectivity index (χ0) is 35.8. The summed E-state index contributed by atoms with van der Waals surface area (Å²) in [4.78, 5) is 39.0. The standard InChI is InChI=1S/C38H39F2N7O4/c1-23(22-48)44(2)19-25-15-32(49)11-12-33(25)24-4-3-5-31(14-24)46-36-34(16-27(40)17-42-36)37(50)47(38(46)51)30-9-7-28(8-10-30)41-18-29-21-45-20-26(39)6-13-35(45)43-29/h3-6,11-17,20-21,23,28,30,41,48-49H,7-10,18-19,22H2,1-2H3/t23-,28?,30?/m0/s1. The Morgan fingerprint density at radius 2 is 1.80 bits per heavy atom. The van der Waals surface area contributed by atoms with E-state index in [1.54, 1.807) is 47.0 Å². The molecule has 1 atom stereocenters. The molecule has 1 aliphatic carbocycles. The van der Waals surface area contributed by atoms with Crippen LogP contribution in [0.5, 0.6) is 5.75 Å². The maximum absolute atomic E-state index is 14.6. The van der Waals surface area contributed by atoms with Crippen LogP contribution < -0.4 is 16.6 Å². The van der Waals surface area contributed by atoms with Crippen molar-refractivity contribution >= 4 is 16.7 Å². The Morgan fingerprint density at radius 1 is 1.00 bits per heavy atom. The Labute approximate surface area is 292 Å². The molecule has 1 saturated carbocycles. The van der Waals surface area contributed by atoms with Crippen molar-refractivity contribution in [1.29, 1.82) is 0 Å². The first-order chi connectivity index (χ1) is 24.6. The molecule has 1 fully saturated rings. The molecule has 0 amide bonds. The van der Waals surface area contributed by atoms with Crippen molar-refractivity contribution in [2.75, 3.05) is 13.7 Å². The minimum Gasteiger partial charge on any atom is -0.508 e. The van der Waals surface area contributed by atoms with E-state index in [1.807, 2.05) is 31.0 Å². The zero-order valence-corrected chi connectivity index (χ0v) is 28.3. The van der Waals surface area contributed by atoms with Gasteiger partial charge in [0.25, 0.3) is 5.56 Å². The molecule has 0 saturated heterocycles. The summed E-state index contributed by atoms with van der Waals surface area (Å²) in [5, 5.41) is 23.5. The van der Waals surface area contributed by atoms with E-state index in [9.17, 15) is 28.6 Å². The average molecular weight is 696 g/mol. The van der Waals surface area contributed by atoms with Gasteiger partial charge in [-0.15, -0.1) is 0 Å². The molecule has 4 heterocycles. The maximum atomic E-state index is 14.6. The van der Waals surface area contributed by atoms with Crippen molar-refractivity contribution in [3.63, 3.8) is 0 Å². The number of fused-ring (bicyclic) bond motifs is 2. The van der Waals surface area contributed by atoms with Crippen LogP contribution in [0.2, 0.25) is 0 Å². The van der Waals surface area contributed by atoms with Crippen LogP contribution in [-0.4, -0.2) is 64.4 Å². The Morgan fingerprint density at radius 3 is 2.59 bits per heavy atom. The summed E-state index contributed by atoms with van der Waals surface area (Å²) in [6.45, 7) is 2.81. The van der Waals surface area contributed by atoms with Gasteiger partial charge in [-0.3, -0.25) is 14.3 Å². The number of hydrogen-bond acceptors (Lipinski definition) is 8. The van der Waals surface area contributed by atoms with Crippen LogP contribution in [0.1, 0.15) is 49.9 Å². The van der Waals surface area contributed by atoms with Gasteiger partial charge in [0.2, 0.25) is 0 Å². The maximum Gasteiger partial charge on any atom is 0.337 e. The number of aliphatic hydroxyl groups is 1. The summed E-state index contributed by atoms with van der Waals surface area (Å²) in [6.07, 6.45) is 6.66. The number of phenols is 1. The van der Waals surface area contributed by atoms with E-state index in [2.05, 4.69) is 15.3 Å². The van der Waals surface area contributed by atoms with Gasteiger partial charge in [0, 0.05) is 43.6 Å². The van der Waals surface area contributed by atoms with Crippen LogP contribution in [0.4, 0.5) is 8.78 Å². The topological polar surface area (TPSA) is 130 Å². The highest BCUT2D eigenvalue weighted by atomic mass is 19.1. The number of aromatic nitrogens is 5. The van der Waals surface area contributed by atoms with Crippen molar-refractivity contribution in [2.45, 2.75) is 63.8 Å². The lowest BCUT2D eigenvalue weighted by molar-refractivity contribution is 0.154. The highest BCUT2D eigenvalue weighted by molar-refractivity contribution is 5.77. The quantitative estimate of drug-likeness (QED) is 0.184. The van der Waals surface area contributed by atoms with E-state index in [-0.39, 0.29) is 41.3 Å². The van der Waals surface area contributed by atoms with E-state index in [0.29, 0.717) is 50.1 Å². The van der Waals surface area contributed by atoms with E-state index >= 15 is 0 Å². The van der Waals surface area contributed by atoms with Gasteiger partial charge < -0.3 is 19.9 Å². The van der Waals surface area contributed by atoms with Crippen LogP contribution in [0.3, 0.4) is 0 Å². The molecular weight excluding hydrogens is 656 g/mol. The molecule has 4 aromatic heterocycles. The lowest BCUT2D eigenvalue weighted by Crippen LogP contribution is -2.44. The number of imidazole rings is 1. The van der Waals surface area contributed by atoms with Crippen LogP contribution >= 0.6 is 0 Å². The fraction of sp³-hybridized carbons (Fsp3) is 0.316. The number of halogens is 2. The van der Waals surface area contributed by atoms with Gasteiger partial charge in [0.05, 0.1) is 29.6 Å². The van der Waals surface area contributed by atoms with Gasteiger partial charge in [0.15, 0.2) is 5.65 Å². The van der Waals surface area contributed by atoms with Crippen LogP contribution in [-0.2, 0) is 13.1 Å². The zero-order valence-electron chi connectivity index (χ0n) is 28.3. The van der Waals surface area contributed by atoms with Crippen LogP contribution in [0, 0.1) is 11.6 Å². The largest absolute Gasteiger partial charge is 0.508 e. The fourth-order valence-corrected chi connectivity index (χ4v) is 7.00. The second-order valence-corrected chi connectivity index (χ2v) is 13.4. The molecular formula is C38H39F2N7O4. The monoisotopic (exact) mass is 695 g/mol. The minimum absolute atomic E-state index is 0.00785. The Kier molecular flexibility index (Phi) is 9.51. The lowest BCUT2D eigenvalue weighted by Gasteiger charge is -2.30.